The lowest BCUT2D eigenvalue weighted by atomic mass is 10.2. The van der Waals surface area contributed by atoms with Crippen molar-refractivity contribution in [3.63, 3.8) is 0 Å². The highest BCUT2D eigenvalue weighted by molar-refractivity contribution is 5.95. The lowest BCUT2D eigenvalue weighted by Crippen LogP contribution is -2.36. The van der Waals surface area contributed by atoms with Crippen LogP contribution in [0.25, 0.3) is 0 Å². The number of benzene rings is 1. The van der Waals surface area contributed by atoms with E-state index in [4.69, 9.17) is 15.2 Å². The fraction of sp³-hybridized carbons (Fsp3) is 0.467. The van der Waals surface area contributed by atoms with Gasteiger partial charge < -0.3 is 20.5 Å². The number of unbranched alkanes of at least 4 members (excludes halogenated alkanes) is 1. The minimum Gasteiger partial charge on any atom is -0.496 e. The first-order chi connectivity index (χ1) is 9.99. The first-order valence-corrected chi connectivity index (χ1v) is 6.91. The summed E-state index contributed by atoms with van der Waals surface area (Å²) in [6.45, 7) is 4.13. The molecule has 6 heteroatoms. The van der Waals surface area contributed by atoms with Gasteiger partial charge in [0.2, 0.25) is 0 Å². The van der Waals surface area contributed by atoms with Crippen LogP contribution in [0.4, 0.5) is 5.69 Å². The minimum absolute atomic E-state index is 0.236. The predicted molar refractivity (Wildman–Crippen MR) is 80.2 cm³/mol. The van der Waals surface area contributed by atoms with E-state index in [-0.39, 0.29) is 11.5 Å². The molecule has 0 radical (unpaired) electrons. The zero-order valence-corrected chi connectivity index (χ0v) is 12.6. The number of nitrogens with one attached hydrogen (secondary N) is 1. The molecule has 21 heavy (non-hydrogen) atoms. The van der Waals surface area contributed by atoms with Gasteiger partial charge in [-0.3, -0.25) is 4.79 Å². The third-order valence-corrected chi connectivity index (χ3v) is 2.93. The fourth-order valence-corrected chi connectivity index (χ4v) is 1.69. The van der Waals surface area contributed by atoms with E-state index in [2.05, 4.69) is 5.32 Å². The number of ether oxygens (including phenoxy) is 2. The number of nitrogen functional groups attached to an aromatic ring is 1. The number of nitrogens with two attached hydrogens (primary N) is 1. The van der Waals surface area contributed by atoms with E-state index in [1.165, 1.54) is 26.2 Å². The summed E-state index contributed by atoms with van der Waals surface area (Å²) in [5, 5.41) is 2.71. The summed E-state index contributed by atoms with van der Waals surface area (Å²) in [4.78, 5) is 23.8. The van der Waals surface area contributed by atoms with Crippen LogP contribution in [0.3, 0.4) is 0 Å². The van der Waals surface area contributed by atoms with Crippen molar-refractivity contribution >= 4 is 17.6 Å². The zero-order valence-electron chi connectivity index (χ0n) is 12.6. The highest BCUT2D eigenvalue weighted by atomic mass is 16.5. The molecule has 1 amide bonds. The Hall–Kier alpha value is -2.24. The number of rotatable bonds is 7. The van der Waals surface area contributed by atoms with Crippen molar-refractivity contribution in [2.75, 3.05) is 19.4 Å². The maximum Gasteiger partial charge on any atom is 0.342 e. The summed E-state index contributed by atoms with van der Waals surface area (Å²) in [6.07, 6.45) is 1.01. The van der Waals surface area contributed by atoms with Crippen LogP contribution >= 0.6 is 0 Å². The number of hydrogen-bond acceptors (Lipinski definition) is 5. The quantitative estimate of drug-likeness (QED) is 0.454. The molecule has 0 spiro atoms. The van der Waals surface area contributed by atoms with Crippen molar-refractivity contribution in [1.82, 2.24) is 5.32 Å². The Morgan fingerprint density at radius 2 is 2.10 bits per heavy atom. The van der Waals surface area contributed by atoms with Gasteiger partial charge in [0.1, 0.15) is 11.3 Å². The van der Waals surface area contributed by atoms with E-state index in [1.807, 2.05) is 6.92 Å². The van der Waals surface area contributed by atoms with Gasteiger partial charge in [-0.15, -0.1) is 0 Å². The zero-order chi connectivity index (χ0) is 15.8. The lowest BCUT2D eigenvalue weighted by molar-refractivity contribution is -0.129. The molecule has 0 aliphatic rings. The van der Waals surface area contributed by atoms with Gasteiger partial charge in [0, 0.05) is 18.3 Å². The first-order valence-electron chi connectivity index (χ1n) is 6.91. The summed E-state index contributed by atoms with van der Waals surface area (Å²) in [5.41, 5.74) is 6.34. The molecule has 1 aromatic rings. The molecule has 116 valence electrons. The van der Waals surface area contributed by atoms with E-state index in [9.17, 15) is 9.59 Å². The third-order valence-electron chi connectivity index (χ3n) is 2.93. The topological polar surface area (TPSA) is 90.7 Å². The van der Waals surface area contributed by atoms with Crippen molar-refractivity contribution in [3.8, 4) is 5.75 Å². The molecule has 0 aromatic heterocycles. The van der Waals surface area contributed by atoms with Crippen LogP contribution < -0.4 is 15.8 Å². The average Bonchev–Trinajstić information content (AvgIpc) is 2.46. The smallest absolute Gasteiger partial charge is 0.342 e. The molecule has 0 fully saturated rings. The maximum atomic E-state index is 12.1. The third kappa shape index (κ3) is 4.98. The van der Waals surface area contributed by atoms with Crippen LogP contribution in [0.1, 0.15) is 37.0 Å². The Morgan fingerprint density at radius 3 is 2.71 bits per heavy atom. The Balaban J connectivity index is 2.66. The predicted octanol–water partition coefficient (Wildman–Crippen LogP) is 1.74. The molecule has 0 saturated heterocycles. The Kier molecular flexibility index (Phi) is 6.52. The summed E-state index contributed by atoms with van der Waals surface area (Å²) in [7, 11) is 1.44. The largest absolute Gasteiger partial charge is 0.496 e. The second-order valence-corrected chi connectivity index (χ2v) is 4.65. The molecule has 6 nitrogen and oxygen atoms in total. The maximum absolute atomic E-state index is 12.1. The molecule has 0 heterocycles. The standard InChI is InChI=1S/C15H22N2O4/c1-4-5-8-17-14(18)10(2)21-15(19)12-7-6-11(16)9-13(12)20-3/h6-7,9-10H,4-5,8,16H2,1-3H3,(H,17,18). The van der Waals surface area contributed by atoms with E-state index < -0.39 is 12.1 Å². The lowest BCUT2D eigenvalue weighted by Gasteiger charge is -2.14. The highest BCUT2D eigenvalue weighted by Crippen LogP contribution is 2.22. The summed E-state index contributed by atoms with van der Waals surface area (Å²) in [6, 6.07) is 4.62. The monoisotopic (exact) mass is 294 g/mol. The molecule has 1 aromatic carbocycles. The van der Waals surface area contributed by atoms with Crippen LogP contribution in [0.5, 0.6) is 5.75 Å². The normalized spacial score (nSPS) is 11.6. The molecule has 3 N–H and O–H groups in total. The van der Waals surface area contributed by atoms with Crippen molar-refractivity contribution in [3.05, 3.63) is 23.8 Å². The minimum atomic E-state index is -0.864. The number of hydrogen-bond donors (Lipinski definition) is 2. The first kappa shape index (κ1) is 16.8. The number of anilines is 1. The van der Waals surface area contributed by atoms with Crippen molar-refractivity contribution in [2.24, 2.45) is 0 Å². The van der Waals surface area contributed by atoms with Gasteiger partial charge in [0.25, 0.3) is 5.91 Å². The van der Waals surface area contributed by atoms with Crippen LogP contribution in [0.2, 0.25) is 0 Å². The molecule has 0 saturated carbocycles. The number of carbonyl (C=O) groups excluding carboxylic acids is 2. The van der Waals surface area contributed by atoms with Gasteiger partial charge in [-0.25, -0.2) is 4.79 Å². The van der Waals surface area contributed by atoms with E-state index in [1.54, 1.807) is 6.07 Å². The number of esters is 1. The second kappa shape index (κ2) is 8.14. The highest BCUT2D eigenvalue weighted by Gasteiger charge is 2.21. The van der Waals surface area contributed by atoms with Crippen LogP contribution in [0.15, 0.2) is 18.2 Å². The molecule has 1 unspecified atom stereocenters. The summed E-state index contributed by atoms with van der Waals surface area (Å²) in [5.74, 6) is -0.616. The van der Waals surface area contributed by atoms with Crippen molar-refractivity contribution in [1.29, 1.82) is 0 Å². The van der Waals surface area contributed by atoms with Crippen molar-refractivity contribution < 1.29 is 19.1 Å². The van der Waals surface area contributed by atoms with Gasteiger partial charge in [-0.2, -0.15) is 0 Å². The van der Waals surface area contributed by atoms with Gasteiger partial charge >= 0.3 is 5.97 Å². The van der Waals surface area contributed by atoms with Crippen LogP contribution in [-0.2, 0) is 9.53 Å². The van der Waals surface area contributed by atoms with Gasteiger partial charge in [0.15, 0.2) is 6.10 Å². The molecular formula is C15H22N2O4. The average molecular weight is 294 g/mol. The van der Waals surface area contributed by atoms with Crippen molar-refractivity contribution in [2.45, 2.75) is 32.8 Å². The number of methoxy groups -OCH3 is 1. The molecule has 1 rings (SSSR count). The molecule has 0 aliphatic heterocycles. The molecular weight excluding hydrogens is 272 g/mol. The Morgan fingerprint density at radius 1 is 1.38 bits per heavy atom. The van der Waals surface area contributed by atoms with Crippen LogP contribution in [0, 0.1) is 0 Å². The molecule has 0 aliphatic carbocycles. The van der Waals surface area contributed by atoms with E-state index in [0.717, 1.165) is 12.8 Å². The molecule has 0 bridgehead atoms. The Labute approximate surface area is 124 Å². The van der Waals surface area contributed by atoms with Gasteiger partial charge in [0.05, 0.1) is 7.11 Å². The summed E-state index contributed by atoms with van der Waals surface area (Å²) < 4.78 is 10.2. The summed E-state index contributed by atoms with van der Waals surface area (Å²) >= 11 is 0. The molecule has 1 atom stereocenters. The van der Waals surface area contributed by atoms with E-state index in [0.29, 0.717) is 18.0 Å². The fourth-order valence-electron chi connectivity index (χ4n) is 1.69. The van der Waals surface area contributed by atoms with Gasteiger partial charge in [-0.1, -0.05) is 13.3 Å². The SMILES string of the molecule is CCCCNC(=O)C(C)OC(=O)c1ccc(N)cc1OC. The van der Waals surface area contributed by atoms with Crippen LogP contribution in [-0.4, -0.2) is 31.6 Å². The number of carbonyl (C=O) groups is 2. The van der Waals surface area contributed by atoms with Gasteiger partial charge in [-0.05, 0) is 25.5 Å². The Bertz CT molecular complexity index is 502. The number of amides is 1. The second-order valence-electron chi connectivity index (χ2n) is 4.65. The van der Waals surface area contributed by atoms with E-state index >= 15 is 0 Å².